The van der Waals surface area contributed by atoms with Crippen LogP contribution in [0.5, 0.6) is 0 Å². The van der Waals surface area contributed by atoms with Crippen molar-refractivity contribution in [1.29, 1.82) is 0 Å². The fraction of sp³-hybridized carbons (Fsp3) is 0.571. The molecule has 0 radical (unpaired) electrons. The van der Waals surface area contributed by atoms with Gasteiger partial charge in [0.15, 0.2) is 9.84 Å². The van der Waals surface area contributed by atoms with Crippen molar-refractivity contribution >= 4 is 9.84 Å². The molecular weight excluding hydrogens is 246 g/mol. The summed E-state index contributed by atoms with van der Waals surface area (Å²) in [7, 11) is -2.94. The summed E-state index contributed by atoms with van der Waals surface area (Å²) in [5.74, 6) is 0.551. The molecule has 1 heterocycles. The van der Waals surface area contributed by atoms with Crippen LogP contribution in [-0.4, -0.2) is 32.5 Å². The lowest BCUT2D eigenvalue weighted by Crippen LogP contribution is -2.40. The molecule has 1 saturated heterocycles. The topological polar surface area (TPSA) is 46.2 Å². The third-order valence-electron chi connectivity index (χ3n) is 3.41. The van der Waals surface area contributed by atoms with Gasteiger partial charge in [-0.15, -0.1) is 0 Å². The molecule has 0 amide bonds. The number of sulfone groups is 1. The largest absolute Gasteiger partial charge is 0.313 e. The first-order valence-corrected chi connectivity index (χ1v) is 8.46. The molecule has 0 aromatic heterocycles. The zero-order chi connectivity index (χ0) is 12.8. The van der Waals surface area contributed by atoms with E-state index in [4.69, 9.17) is 0 Å². The smallest absolute Gasteiger partial charge is 0.152 e. The van der Waals surface area contributed by atoms with Crippen molar-refractivity contribution in [2.45, 2.75) is 31.7 Å². The quantitative estimate of drug-likeness (QED) is 0.884. The summed E-state index contributed by atoms with van der Waals surface area (Å²) < 4.78 is 24.1. The number of hydrogen-bond donors (Lipinski definition) is 1. The molecular formula is C14H21NO2S. The normalized spacial score (nSPS) is 20.8. The van der Waals surface area contributed by atoms with E-state index < -0.39 is 9.84 Å². The summed E-state index contributed by atoms with van der Waals surface area (Å²) in [6.45, 7) is 0.957. The average molecular weight is 267 g/mol. The Hall–Kier alpha value is -0.870. The minimum Gasteiger partial charge on any atom is -0.313 e. The zero-order valence-electron chi connectivity index (χ0n) is 10.6. The first-order valence-electron chi connectivity index (χ1n) is 6.63. The van der Waals surface area contributed by atoms with Crippen molar-refractivity contribution in [1.82, 2.24) is 5.32 Å². The van der Waals surface area contributed by atoms with E-state index in [-0.39, 0.29) is 11.8 Å². The lowest BCUT2D eigenvalue weighted by molar-refractivity contribution is 0.423. The summed E-state index contributed by atoms with van der Waals surface area (Å²) in [4.78, 5) is 0. The first kappa shape index (κ1) is 13.6. The number of rotatable bonds is 5. The van der Waals surface area contributed by atoms with Crippen LogP contribution in [0.15, 0.2) is 30.3 Å². The number of nitrogens with one attached hydrogen (secondary N) is 1. The Bertz CT molecular complexity index is 450. The highest BCUT2D eigenvalue weighted by atomic mass is 32.2. The Morgan fingerprint density at radius 3 is 2.61 bits per heavy atom. The summed E-state index contributed by atoms with van der Waals surface area (Å²) in [5, 5.41) is 3.29. The molecule has 1 aromatic carbocycles. The van der Waals surface area contributed by atoms with Gasteiger partial charge in [0.05, 0.1) is 11.5 Å². The van der Waals surface area contributed by atoms with E-state index in [1.165, 1.54) is 6.42 Å². The summed E-state index contributed by atoms with van der Waals surface area (Å²) in [6, 6.07) is 9.97. The number of piperidine rings is 1. The van der Waals surface area contributed by atoms with Gasteiger partial charge in [0.2, 0.25) is 0 Å². The molecule has 0 saturated carbocycles. The van der Waals surface area contributed by atoms with E-state index in [9.17, 15) is 8.42 Å². The maximum atomic E-state index is 12.0. The summed E-state index contributed by atoms with van der Waals surface area (Å²) in [5.41, 5.74) is 1.10. The van der Waals surface area contributed by atoms with Crippen LogP contribution >= 0.6 is 0 Å². The minimum absolute atomic E-state index is 0.166. The third kappa shape index (κ3) is 4.42. The van der Waals surface area contributed by atoms with Gasteiger partial charge in [-0.2, -0.15) is 0 Å². The maximum absolute atomic E-state index is 12.0. The molecule has 0 aliphatic carbocycles. The van der Waals surface area contributed by atoms with Gasteiger partial charge in [0.25, 0.3) is 0 Å². The maximum Gasteiger partial charge on any atom is 0.152 e. The van der Waals surface area contributed by atoms with Crippen LogP contribution in [0.2, 0.25) is 0 Å². The molecule has 1 aliphatic rings. The van der Waals surface area contributed by atoms with Crippen molar-refractivity contribution in [3.8, 4) is 0 Å². The van der Waals surface area contributed by atoms with Gasteiger partial charge in [-0.3, -0.25) is 0 Å². The number of hydrogen-bond acceptors (Lipinski definition) is 3. The Labute approximate surface area is 110 Å². The standard InChI is InChI=1S/C14H21NO2S/c16-18(17,12-14-8-4-5-10-15-14)11-9-13-6-2-1-3-7-13/h1-3,6-7,14-15H,4-5,8-12H2. The Morgan fingerprint density at radius 2 is 1.94 bits per heavy atom. The van der Waals surface area contributed by atoms with Crippen LogP contribution in [0, 0.1) is 0 Å². The summed E-state index contributed by atoms with van der Waals surface area (Å²) in [6.07, 6.45) is 3.92. The van der Waals surface area contributed by atoms with Gasteiger partial charge in [-0.05, 0) is 31.4 Å². The van der Waals surface area contributed by atoms with Gasteiger partial charge in [-0.25, -0.2) is 8.42 Å². The second kappa shape index (κ2) is 6.34. The van der Waals surface area contributed by atoms with Crippen LogP contribution in [-0.2, 0) is 16.3 Å². The molecule has 1 N–H and O–H groups in total. The Balaban J connectivity index is 1.83. The van der Waals surface area contributed by atoms with Crippen LogP contribution in [0.25, 0.3) is 0 Å². The highest BCUT2D eigenvalue weighted by Gasteiger charge is 2.20. The fourth-order valence-corrected chi connectivity index (χ4v) is 3.99. The monoisotopic (exact) mass is 267 g/mol. The molecule has 1 atom stereocenters. The Morgan fingerprint density at radius 1 is 1.17 bits per heavy atom. The van der Waals surface area contributed by atoms with Gasteiger partial charge in [0.1, 0.15) is 0 Å². The van der Waals surface area contributed by atoms with Gasteiger partial charge >= 0.3 is 0 Å². The molecule has 1 unspecified atom stereocenters. The van der Waals surface area contributed by atoms with Gasteiger partial charge < -0.3 is 5.32 Å². The van der Waals surface area contributed by atoms with E-state index >= 15 is 0 Å². The molecule has 3 nitrogen and oxygen atoms in total. The van der Waals surface area contributed by atoms with Crippen LogP contribution in [0.1, 0.15) is 24.8 Å². The molecule has 2 rings (SSSR count). The van der Waals surface area contributed by atoms with Gasteiger partial charge in [0, 0.05) is 6.04 Å². The van der Waals surface area contributed by atoms with Crippen LogP contribution in [0.3, 0.4) is 0 Å². The zero-order valence-corrected chi connectivity index (χ0v) is 11.5. The van der Waals surface area contributed by atoms with E-state index in [1.54, 1.807) is 0 Å². The number of aryl methyl sites for hydroxylation is 1. The molecule has 1 fully saturated rings. The molecule has 100 valence electrons. The van der Waals surface area contributed by atoms with E-state index in [0.29, 0.717) is 12.2 Å². The SMILES string of the molecule is O=S(=O)(CCc1ccccc1)CC1CCCCN1. The highest BCUT2D eigenvalue weighted by molar-refractivity contribution is 7.91. The third-order valence-corrected chi connectivity index (χ3v) is 5.15. The first-order chi connectivity index (χ1) is 8.66. The molecule has 0 spiro atoms. The van der Waals surface area contributed by atoms with Gasteiger partial charge in [-0.1, -0.05) is 36.8 Å². The van der Waals surface area contributed by atoms with Crippen molar-refractivity contribution in [2.75, 3.05) is 18.1 Å². The highest BCUT2D eigenvalue weighted by Crippen LogP contribution is 2.10. The van der Waals surface area contributed by atoms with Crippen LogP contribution < -0.4 is 5.32 Å². The fourth-order valence-electron chi connectivity index (χ4n) is 2.37. The van der Waals surface area contributed by atoms with E-state index in [0.717, 1.165) is 24.9 Å². The second-order valence-corrected chi connectivity index (χ2v) is 7.23. The molecule has 18 heavy (non-hydrogen) atoms. The molecule has 1 aliphatic heterocycles. The van der Waals surface area contributed by atoms with Crippen molar-refractivity contribution in [2.24, 2.45) is 0 Å². The average Bonchev–Trinajstić information content (AvgIpc) is 2.38. The lowest BCUT2D eigenvalue weighted by atomic mass is 10.1. The lowest BCUT2D eigenvalue weighted by Gasteiger charge is -2.23. The molecule has 1 aromatic rings. The molecule has 0 bridgehead atoms. The van der Waals surface area contributed by atoms with Crippen molar-refractivity contribution in [3.63, 3.8) is 0 Å². The predicted molar refractivity (Wildman–Crippen MR) is 74.4 cm³/mol. The Kier molecular flexibility index (Phi) is 4.78. The minimum atomic E-state index is -2.94. The van der Waals surface area contributed by atoms with Crippen LogP contribution in [0.4, 0.5) is 0 Å². The predicted octanol–water partition coefficient (Wildman–Crippen LogP) is 1.79. The van der Waals surface area contributed by atoms with E-state index in [1.807, 2.05) is 30.3 Å². The van der Waals surface area contributed by atoms with E-state index in [2.05, 4.69) is 5.32 Å². The van der Waals surface area contributed by atoms with Crippen molar-refractivity contribution in [3.05, 3.63) is 35.9 Å². The van der Waals surface area contributed by atoms with Crippen molar-refractivity contribution < 1.29 is 8.42 Å². The molecule has 4 heteroatoms. The summed E-state index contributed by atoms with van der Waals surface area (Å²) >= 11 is 0. The number of benzene rings is 1. The second-order valence-electron chi connectivity index (χ2n) is 5.00.